The molecule has 0 bridgehead atoms. The zero-order valence-corrected chi connectivity index (χ0v) is 40.4. The molecule has 0 fully saturated rings. The fourth-order valence-electron chi connectivity index (χ4n) is 4.29. The largest absolute Gasteiger partial charge is 0.508 e. The Bertz CT molecular complexity index is 2250. The van der Waals surface area contributed by atoms with Crippen molar-refractivity contribution in [3.8, 4) is 40.2 Å². The number of para-hydroxylation sites is 9. The molecule has 8 rings (SSSR count). The van der Waals surface area contributed by atoms with Crippen molar-refractivity contribution < 1.29 is 50.1 Å². The number of anilines is 2. The molecule has 0 atom stereocenters. The molecule has 0 aliphatic heterocycles. The number of carbonyl (C=O) groups is 2. The van der Waals surface area contributed by atoms with Crippen LogP contribution in [-0.2, 0) is 4.79 Å². The van der Waals surface area contributed by atoms with Gasteiger partial charge in [0, 0.05) is 31.0 Å². The van der Waals surface area contributed by atoms with Gasteiger partial charge in [-0.1, -0.05) is 161 Å². The zero-order chi connectivity index (χ0) is 50.9. The van der Waals surface area contributed by atoms with Crippen LogP contribution < -0.4 is 16.2 Å². The van der Waals surface area contributed by atoms with Gasteiger partial charge >= 0.3 is 5.97 Å². The molecule has 12 nitrogen and oxygen atoms in total. The number of hydrogen-bond acceptors (Lipinski definition) is 15. The number of aromatic hydroxyl groups is 6. The molecule has 75 heavy (non-hydrogen) atoms. The van der Waals surface area contributed by atoms with E-state index in [4.69, 9.17) is 47.2 Å². The number of thiol groups is 4. The van der Waals surface area contributed by atoms with E-state index in [0.717, 1.165) is 37.2 Å². The minimum absolute atomic E-state index is 0. The summed E-state index contributed by atoms with van der Waals surface area (Å²) in [5.74, 6) is -0.719. The van der Waals surface area contributed by atoms with Gasteiger partial charge in [-0.15, -0.1) is 50.5 Å². The fraction of sp³-hybridized carbons (Fsp3) is 0.153. The Hall–Kier alpha value is -7.50. The molecule has 0 spiro atoms. The minimum Gasteiger partial charge on any atom is -0.508 e. The Morgan fingerprint density at radius 1 is 0.387 bits per heavy atom. The summed E-state index contributed by atoms with van der Waals surface area (Å²) < 4.78 is 4.41. The van der Waals surface area contributed by atoms with Gasteiger partial charge in [-0.05, 0) is 110 Å². The van der Waals surface area contributed by atoms with Crippen LogP contribution in [0.3, 0.4) is 0 Å². The van der Waals surface area contributed by atoms with Crippen molar-refractivity contribution in [3.05, 3.63) is 211 Å². The molecule has 11 N–H and O–H groups in total. The molecule has 0 saturated heterocycles. The van der Waals surface area contributed by atoms with Gasteiger partial charge in [0.25, 0.3) is 6.47 Å². The monoisotopic (exact) mass is 1110 g/mol. The van der Waals surface area contributed by atoms with Gasteiger partial charge in [0.2, 0.25) is 0 Å². The normalized spacial score (nSPS) is 8.24. The molecule has 412 valence electrons. The number of rotatable bonds is 3. The highest BCUT2D eigenvalue weighted by Gasteiger charge is 2.05. The smallest absolute Gasteiger partial charge is 0.339 e. The molecule has 0 heterocycles. The molecule has 0 aliphatic carbocycles. The van der Waals surface area contributed by atoms with Crippen molar-refractivity contribution in [1.29, 1.82) is 0 Å². The number of carboxylic acid groups (broad SMARTS) is 1. The molecule has 0 unspecified atom stereocenters. The lowest BCUT2D eigenvalue weighted by molar-refractivity contribution is -0.120. The molecule has 16 heteroatoms. The Morgan fingerprint density at radius 3 is 0.947 bits per heavy atom. The van der Waals surface area contributed by atoms with Crippen LogP contribution >= 0.6 is 50.5 Å². The number of nitrogen functional groups attached to an aromatic ring is 2. The molecular formula is C59H82N2O10S4. The third-order valence-corrected chi connectivity index (χ3v) is 9.80. The molecule has 0 aromatic heterocycles. The van der Waals surface area contributed by atoms with Crippen LogP contribution in [0.5, 0.6) is 40.2 Å². The summed E-state index contributed by atoms with van der Waals surface area (Å²) in [6, 6.07) is 55.3. The van der Waals surface area contributed by atoms with Crippen LogP contribution in [0, 0.1) is 13.8 Å². The van der Waals surface area contributed by atoms with Crippen LogP contribution in [0.4, 0.5) is 11.4 Å². The number of carboxylic acids is 1. The van der Waals surface area contributed by atoms with Crippen LogP contribution in [0.2, 0.25) is 0 Å². The molecular weight excluding hydrogens is 1020 g/mol. The first-order chi connectivity index (χ1) is 32.4. The van der Waals surface area contributed by atoms with Crippen molar-refractivity contribution >= 4 is 74.3 Å². The number of benzene rings is 8. The minimum atomic E-state index is -1.11. The van der Waals surface area contributed by atoms with Gasteiger partial charge in [-0.25, -0.2) is 4.79 Å². The number of carbonyl (C=O) groups excluding carboxylic acids is 1. The predicted molar refractivity (Wildman–Crippen MR) is 330 cm³/mol. The van der Waals surface area contributed by atoms with E-state index in [9.17, 15) is 9.59 Å². The number of nitrogens with two attached hydrogens (primary N) is 2. The van der Waals surface area contributed by atoms with E-state index < -0.39 is 5.97 Å². The van der Waals surface area contributed by atoms with E-state index >= 15 is 0 Å². The second kappa shape index (κ2) is 47.5. The van der Waals surface area contributed by atoms with Crippen LogP contribution in [0.15, 0.2) is 214 Å². The first-order valence-corrected chi connectivity index (χ1v) is 21.6. The predicted octanol–water partition coefficient (Wildman–Crippen LogP) is 16.3. The fourth-order valence-corrected chi connectivity index (χ4v) is 4.94. The van der Waals surface area contributed by atoms with E-state index in [1.165, 1.54) is 36.4 Å². The number of hydrogen-bond donors (Lipinski definition) is 13. The second-order valence-electron chi connectivity index (χ2n) is 13.2. The van der Waals surface area contributed by atoms with Crippen LogP contribution in [-0.4, -0.2) is 48.2 Å². The first kappa shape index (κ1) is 81.6. The summed E-state index contributed by atoms with van der Waals surface area (Å²) in [6.07, 6.45) is 0. The number of ether oxygens (including phenoxy) is 1. The Balaban J connectivity index is -0.000000139. The quantitative estimate of drug-likeness (QED) is 0.0342. The summed E-state index contributed by atoms with van der Waals surface area (Å²) in [5.41, 5.74) is 14.6. The van der Waals surface area contributed by atoms with E-state index in [0.29, 0.717) is 10.6 Å². The highest BCUT2D eigenvalue weighted by Crippen LogP contribution is 2.24. The molecule has 0 aliphatic rings. The zero-order valence-electron chi connectivity index (χ0n) is 36.9. The van der Waals surface area contributed by atoms with Crippen molar-refractivity contribution in [2.45, 2.75) is 85.4 Å². The van der Waals surface area contributed by atoms with Crippen molar-refractivity contribution in [3.63, 3.8) is 0 Å². The van der Waals surface area contributed by atoms with Gasteiger partial charge in [-0.2, -0.15) is 0 Å². The number of phenolic OH excluding ortho intramolecular Hbond substituents is 5. The lowest BCUT2D eigenvalue weighted by Crippen LogP contribution is -1.95. The number of aryl methyl sites for hydroxylation is 2. The maximum absolute atomic E-state index is 10.3. The second-order valence-corrected chi connectivity index (χ2v) is 15.1. The maximum atomic E-state index is 10.3. The highest BCUT2D eigenvalue weighted by atomic mass is 32.1. The molecule has 0 saturated carbocycles. The lowest BCUT2D eigenvalue weighted by atomic mass is 10.2. The van der Waals surface area contributed by atoms with E-state index in [1.54, 1.807) is 60.7 Å². The summed E-state index contributed by atoms with van der Waals surface area (Å²) in [7, 11) is 0. The number of aromatic carboxylic acids is 1. The molecule has 8 aromatic carbocycles. The Morgan fingerprint density at radius 2 is 0.707 bits per heavy atom. The average Bonchev–Trinajstić information content (AvgIpc) is 3.32. The van der Waals surface area contributed by atoms with Crippen molar-refractivity contribution in [2.75, 3.05) is 11.5 Å². The topological polar surface area (TPSA) is 237 Å². The number of phenols is 6. The summed E-state index contributed by atoms with van der Waals surface area (Å²) in [4.78, 5) is 23.4. The van der Waals surface area contributed by atoms with Gasteiger partial charge in [-0.3, -0.25) is 4.79 Å². The summed E-state index contributed by atoms with van der Waals surface area (Å²) >= 11 is 16.3. The van der Waals surface area contributed by atoms with Gasteiger partial charge in [0.1, 0.15) is 22.8 Å². The standard InChI is InChI=1S/C7H9N.2C7H6O3.C7H8O.C6H7NS.C6H6O2.C6H6OS.C6H6S2.7CH4/c1-6-4-2-3-5-7(6)8;8-5-10-7-4-2-1-3-6(7)9;8-6-4-2-1-3-5(6)7(9)10;1-6-4-2-3-5-7(6)8;4*7-5-3-1-2-4-6(5)8;;;;;;;/h2-5H,8H2,1H3;1-5,9H;1-4,8H,(H,9,10);2-5,8H,1H3;1-4,8H,7H2;3*1-4,7-8H;7*1H4. The van der Waals surface area contributed by atoms with Gasteiger partial charge < -0.3 is 51.9 Å². The lowest BCUT2D eigenvalue weighted by Gasteiger charge is -1.97. The van der Waals surface area contributed by atoms with Gasteiger partial charge in [0.05, 0.1) is 0 Å². The maximum Gasteiger partial charge on any atom is 0.339 e. The Labute approximate surface area is 469 Å². The molecule has 0 radical (unpaired) electrons. The van der Waals surface area contributed by atoms with Crippen molar-refractivity contribution in [1.82, 2.24) is 0 Å². The van der Waals surface area contributed by atoms with E-state index in [2.05, 4.69) is 55.3 Å². The molecule has 0 amide bonds. The van der Waals surface area contributed by atoms with E-state index in [1.807, 2.05) is 111 Å². The van der Waals surface area contributed by atoms with Crippen LogP contribution in [0.1, 0.15) is 73.5 Å². The van der Waals surface area contributed by atoms with E-state index in [-0.39, 0.29) is 98.5 Å². The van der Waals surface area contributed by atoms with Crippen LogP contribution in [0.25, 0.3) is 0 Å². The molecule has 8 aromatic rings. The average molecular weight is 1110 g/mol. The van der Waals surface area contributed by atoms with Gasteiger partial charge in [0.15, 0.2) is 23.0 Å². The third kappa shape index (κ3) is 36.1. The summed E-state index contributed by atoms with van der Waals surface area (Å²) in [6.45, 7) is 4.14. The Kier molecular flexibility index (Phi) is 51.7. The first-order valence-electron chi connectivity index (χ1n) is 19.8. The summed E-state index contributed by atoms with van der Waals surface area (Å²) in [5, 5.41) is 61.4. The third-order valence-electron chi connectivity index (χ3n) is 8.06. The SMILES string of the molecule is C.C.C.C.C.C.C.Cc1ccccc1N.Cc1ccccc1O.Nc1ccccc1S.O=C(O)c1ccccc1O.O=COc1ccccc1O.Oc1ccccc1O.Oc1ccccc1S.Sc1ccccc1S. The highest BCUT2D eigenvalue weighted by molar-refractivity contribution is 7.83. The van der Waals surface area contributed by atoms with Crippen molar-refractivity contribution in [2.24, 2.45) is 0 Å².